The van der Waals surface area contributed by atoms with Gasteiger partial charge in [0.05, 0.1) is 12.5 Å². The predicted molar refractivity (Wildman–Crippen MR) is 80.1 cm³/mol. The van der Waals surface area contributed by atoms with Gasteiger partial charge in [-0.3, -0.25) is 0 Å². The molecule has 0 radical (unpaired) electrons. The second-order valence-electron chi connectivity index (χ2n) is 5.46. The maximum atomic E-state index is 8.91. The summed E-state index contributed by atoms with van der Waals surface area (Å²) in [6, 6.07) is 13.5. The summed E-state index contributed by atoms with van der Waals surface area (Å²) in [4.78, 5) is 2.48. The Labute approximate surface area is 117 Å². The summed E-state index contributed by atoms with van der Waals surface area (Å²) in [6.07, 6.45) is 7.19. The highest BCUT2D eigenvalue weighted by molar-refractivity contribution is 5.47. The fourth-order valence-corrected chi connectivity index (χ4v) is 3.35. The maximum Gasteiger partial charge on any atom is 0.0640 e. The van der Waals surface area contributed by atoms with E-state index in [9.17, 15) is 0 Å². The van der Waals surface area contributed by atoms with Gasteiger partial charge < -0.3 is 4.90 Å². The first-order valence-corrected chi connectivity index (χ1v) is 7.55. The highest BCUT2D eigenvalue weighted by Gasteiger charge is 2.28. The molecule has 19 heavy (non-hydrogen) atoms. The van der Waals surface area contributed by atoms with Crippen LogP contribution in [-0.4, -0.2) is 12.6 Å². The van der Waals surface area contributed by atoms with E-state index in [0.717, 1.165) is 12.5 Å². The zero-order valence-electron chi connectivity index (χ0n) is 11.9. The minimum absolute atomic E-state index is 0.613. The molecule has 0 heterocycles. The van der Waals surface area contributed by atoms with Gasteiger partial charge in [0.1, 0.15) is 0 Å². The normalized spacial score (nSPS) is 22.7. The van der Waals surface area contributed by atoms with Gasteiger partial charge in [-0.15, -0.1) is 0 Å². The third kappa shape index (κ3) is 3.50. The number of hydrogen-bond acceptors (Lipinski definition) is 2. The number of rotatable bonds is 5. The molecule has 1 aromatic carbocycles. The highest BCUT2D eigenvalue weighted by Crippen LogP contribution is 2.33. The van der Waals surface area contributed by atoms with Gasteiger partial charge in [-0.05, 0) is 30.9 Å². The third-order valence-corrected chi connectivity index (χ3v) is 4.35. The summed E-state index contributed by atoms with van der Waals surface area (Å²) in [6.45, 7) is 3.16. The molecule has 2 atom stereocenters. The molecule has 0 N–H and O–H groups in total. The van der Waals surface area contributed by atoms with E-state index in [1.165, 1.54) is 37.8 Å². The molecule has 2 heteroatoms. The quantitative estimate of drug-likeness (QED) is 0.782. The van der Waals surface area contributed by atoms with Crippen LogP contribution in [0, 0.1) is 17.2 Å². The highest BCUT2D eigenvalue weighted by atomic mass is 15.2. The maximum absolute atomic E-state index is 8.91. The second kappa shape index (κ2) is 7.19. The smallest absolute Gasteiger partial charge is 0.0640 e. The number of nitrogens with zero attached hydrogens (tertiary/aromatic N) is 2. The van der Waals surface area contributed by atoms with Crippen molar-refractivity contribution in [2.24, 2.45) is 5.92 Å². The lowest BCUT2D eigenvalue weighted by atomic mass is 9.81. The lowest BCUT2D eigenvalue weighted by Crippen LogP contribution is -2.43. The van der Waals surface area contributed by atoms with Crippen molar-refractivity contribution in [3.63, 3.8) is 0 Å². The van der Waals surface area contributed by atoms with Gasteiger partial charge in [-0.2, -0.15) is 5.26 Å². The van der Waals surface area contributed by atoms with Crippen LogP contribution in [-0.2, 0) is 0 Å². The molecule has 102 valence electrons. The SMILES string of the molecule is CCC1CCCCC1N(CCC#N)c1ccccc1. The monoisotopic (exact) mass is 256 g/mol. The van der Waals surface area contributed by atoms with Gasteiger partial charge in [0.2, 0.25) is 0 Å². The Kier molecular flexibility index (Phi) is 5.27. The number of nitriles is 1. The lowest BCUT2D eigenvalue weighted by Gasteiger charge is -2.41. The van der Waals surface area contributed by atoms with Crippen LogP contribution in [0.1, 0.15) is 45.4 Å². The van der Waals surface area contributed by atoms with Crippen molar-refractivity contribution >= 4 is 5.69 Å². The average Bonchev–Trinajstić information content (AvgIpc) is 2.49. The molecule has 1 saturated carbocycles. The van der Waals surface area contributed by atoms with E-state index >= 15 is 0 Å². The van der Waals surface area contributed by atoms with Gasteiger partial charge in [0.15, 0.2) is 0 Å². The molecule has 1 fully saturated rings. The molecule has 0 amide bonds. The van der Waals surface area contributed by atoms with Crippen LogP contribution in [0.2, 0.25) is 0 Å². The summed E-state index contributed by atoms with van der Waals surface area (Å²) in [5.74, 6) is 0.785. The Balaban J connectivity index is 2.19. The number of anilines is 1. The van der Waals surface area contributed by atoms with Crippen molar-refractivity contribution < 1.29 is 0 Å². The van der Waals surface area contributed by atoms with Crippen molar-refractivity contribution in [1.82, 2.24) is 0 Å². The van der Waals surface area contributed by atoms with Gasteiger partial charge in [-0.1, -0.05) is 44.4 Å². The summed E-state index contributed by atoms with van der Waals surface area (Å²) in [7, 11) is 0. The van der Waals surface area contributed by atoms with Crippen LogP contribution < -0.4 is 4.90 Å². The number of benzene rings is 1. The van der Waals surface area contributed by atoms with Crippen LogP contribution in [0.3, 0.4) is 0 Å². The zero-order valence-corrected chi connectivity index (χ0v) is 11.9. The Morgan fingerprint density at radius 3 is 2.63 bits per heavy atom. The first-order valence-electron chi connectivity index (χ1n) is 7.55. The van der Waals surface area contributed by atoms with Crippen LogP contribution in [0.15, 0.2) is 30.3 Å². The average molecular weight is 256 g/mol. The Bertz CT molecular complexity index is 407. The van der Waals surface area contributed by atoms with E-state index in [2.05, 4.69) is 48.2 Å². The summed E-state index contributed by atoms with van der Waals surface area (Å²) in [5.41, 5.74) is 1.28. The molecule has 0 spiro atoms. The van der Waals surface area contributed by atoms with E-state index < -0.39 is 0 Å². The molecule has 2 nitrogen and oxygen atoms in total. The van der Waals surface area contributed by atoms with Crippen molar-refractivity contribution in [2.45, 2.75) is 51.5 Å². The van der Waals surface area contributed by atoms with Crippen molar-refractivity contribution in [2.75, 3.05) is 11.4 Å². The van der Waals surface area contributed by atoms with Crippen LogP contribution in [0.5, 0.6) is 0 Å². The van der Waals surface area contributed by atoms with E-state index in [1.54, 1.807) is 0 Å². The molecular weight excluding hydrogens is 232 g/mol. The van der Waals surface area contributed by atoms with Gasteiger partial charge in [0.25, 0.3) is 0 Å². The molecule has 1 aromatic rings. The van der Waals surface area contributed by atoms with Gasteiger partial charge >= 0.3 is 0 Å². The Hall–Kier alpha value is -1.49. The molecular formula is C17H24N2. The van der Waals surface area contributed by atoms with Gasteiger partial charge in [0, 0.05) is 18.3 Å². The van der Waals surface area contributed by atoms with Crippen molar-refractivity contribution in [3.05, 3.63) is 30.3 Å². The number of para-hydroxylation sites is 1. The zero-order chi connectivity index (χ0) is 13.5. The van der Waals surface area contributed by atoms with E-state index in [-0.39, 0.29) is 0 Å². The largest absolute Gasteiger partial charge is 0.367 e. The summed E-state index contributed by atoms with van der Waals surface area (Å²) >= 11 is 0. The van der Waals surface area contributed by atoms with Gasteiger partial charge in [-0.25, -0.2) is 0 Å². The molecule has 0 aromatic heterocycles. The molecule has 2 unspecified atom stereocenters. The van der Waals surface area contributed by atoms with Crippen LogP contribution in [0.4, 0.5) is 5.69 Å². The minimum Gasteiger partial charge on any atom is -0.367 e. The molecule has 0 bridgehead atoms. The Morgan fingerprint density at radius 2 is 1.95 bits per heavy atom. The molecule has 2 rings (SSSR count). The van der Waals surface area contributed by atoms with E-state index in [4.69, 9.17) is 5.26 Å². The minimum atomic E-state index is 0.613. The molecule has 1 aliphatic carbocycles. The molecule has 1 aliphatic rings. The Morgan fingerprint density at radius 1 is 1.21 bits per heavy atom. The first kappa shape index (κ1) is 13.9. The summed E-state index contributed by atoms with van der Waals surface area (Å²) in [5, 5.41) is 8.91. The lowest BCUT2D eigenvalue weighted by molar-refractivity contribution is 0.285. The fraction of sp³-hybridized carbons (Fsp3) is 0.588. The topological polar surface area (TPSA) is 27.0 Å². The predicted octanol–water partition coefficient (Wildman–Crippen LogP) is 4.38. The van der Waals surface area contributed by atoms with Crippen molar-refractivity contribution in [3.8, 4) is 6.07 Å². The second-order valence-corrected chi connectivity index (χ2v) is 5.46. The molecule has 0 aliphatic heterocycles. The third-order valence-electron chi connectivity index (χ3n) is 4.35. The summed E-state index contributed by atoms with van der Waals surface area (Å²) < 4.78 is 0. The van der Waals surface area contributed by atoms with Crippen LogP contribution >= 0.6 is 0 Å². The standard InChI is InChI=1S/C17H24N2/c1-2-15-9-6-7-12-17(15)19(14-8-13-18)16-10-4-3-5-11-16/h3-5,10-11,15,17H,2,6-9,12,14H2,1H3. The van der Waals surface area contributed by atoms with Crippen molar-refractivity contribution in [1.29, 1.82) is 5.26 Å². The fourth-order valence-electron chi connectivity index (χ4n) is 3.35. The van der Waals surface area contributed by atoms with E-state index in [1.807, 2.05) is 0 Å². The van der Waals surface area contributed by atoms with Crippen LogP contribution in [0.25, 0.3) is 0 Å². The van der Waals surface area contributed by atoms with E-state index in [0.29, 0.717) is 12.5 Å². The number of hydrogen-bond donors (Lipinski definition) is 0. The first-order chi connectivity index (χ1) is 9.36. The molecule has 0 saturated heterocycles.